The minimum absolute atomic E-state index is 0.0661. The van der Waals surface area contributed by atoms with Crippen molar-refractivity contribution in [2.45, 2.75) is 143 Å². The van der Waals surface area contributed by atoms with Gasteiger partial charge in [0.05, 0.1) is 24.6 Å². The van der Waals surface area contributed by atoms with Crippen molar-refractivity contribution < 1.29 is 32.7 Å². The van der Waals surface area contributed by atoms with Crippen LogP contribution in [-0.4, -0.2) is 95.4 Å². The largest absolute Gasteiger partial charge is 0.543 e. The van der Waals surface area contributed by atoms with E-state index in [1.165, 1.54) is 36.3 Å². The molecule has 0 bridgehead atoms. The molecule has 5 heterocycles. The number of pyridine rings is 1. The number of carbonyl (C=O) groups excluding carboxylic acids is 3. The third-order valence-electron chi connectivity index (χ3n) is 15.4. The highest BCUT2D eigenvalue weighted by molar-refractivity contribution is 6.78. The van der Waals surface area contributed by atoms with Gasteiger partial charge in [-0.2, -0.15) is 0 Å². The number of amides is 3. The second-order valence-electron chi connectivity index (χ2n) is 22.1. The van der Waals surface area contributed by atoms with Gasteiger partial charge in [0.15, 0.2) is 5.82 Å². The third-order valence-corrected chi connectivity index (χ3v) is 21.4. The maximum atomic E-state index is 15.7. The molecule has 0 saturated carbocycles. The van der Waals surface area contributed by atoms with E-state index in [2.05, 4.69) is 80.6 Å². The van der Waals surface area contributed by atoms with Crippen molar-refractivity contribution in [3.05, 3.63) is 124 Å². The average molecular weight is 999 g/mol. The summed E-state index contributed by atoms with van der Waals surface area (Å²) in [6.07, 6.45) is 5.85. The molecular weight excluding hydrogens is 924 g/mol. The van der Waals surface area contributed by atoms with Crippen molar-refractivity contribution in [2.24, 2.45) is 7.05 Å². The Bertz CT molecular complexity index is 2770. The Morgan fingerprint density at radius 1 is 0.806 bits per heavy atom. The fourth-order valence-corrected chi connectivity index (χ4v) is 16.9. The number of carbonyl (C=O) groups is 3. The molecule has 3 aliphatic heterocycles. The van der Waals surface area contributed by atoms with E-state index >= 15 is 14.0 Å². The molecule has 1 fully saturated rings. The van der Waals surface area contributed by atoms with Crippen molar-refractivity contribution >= 4 is 37.6 Å². The van der Waals surface area contributed by atoms with Crippen LogP contribution in [0, 0.1) is 12.7 Å². The van der Waals surface area contributed by atoms with Crippen LogP contribution < -0.4 is 14.1 Å². The molecule has 3 aliphatic rings. The molecule has 1 saturated heterocycles. The van der Waals surface area contributed by atoms with Crippen LogP contribution in [0.2, 0.25) is 16.6 Å². The van der Waals surface area contributed by atoms with Crippen molar-refractivity contribution in [1.29, 1.82) is 0 Å². The van der Waals surface area contributed by atoms with E-state index < -0.39 is 31.7 Å². The van der Waals surface area contributed by atoms with Gasteiger partial charge in [0, 0.05) is 73.5 Å². The molecular formula is C58H75FN6O6Si. The number of rotatable bonds is 13. The molecule has 12 nitrogen and oxygen atoms in total. The Hall–Kier alpha value is -5.99. The Morgan fingerprint density at radius 3 is 2.10 bits per heavy atom. The van der Waals surface area contributed by atoms with Crippen molar-refractivity contribution in [2.75, 3.05) is 38.2 Å². The quantitative estimate of drug-likeness (QED) is 0.107. The van der Waals surface area contributed by atoms with Crippen molar-refractivity contribution in [1.82, 2.24) is 24.3 Å². The van der Waals surface area contributed by atoms with Gasteiger partial charge in [-0.25, -0.2) is 14.2 Å². The average Bonchev–Trinajstić information content (AvgIpc) is 3.64. The highest BCUT2D eigenvalue weighted by atomic mass is 28.4. The Kier molecular flexibility index (Phi) is 15.4. The number of hydrogen-bond donors (Lipinski definition) is 0. The minimum Gasteiger partial charge on any atom is -0.543 e. The number of piperidine rings is 1. The van der Waals surface area contributed by atoms with E-state index in [0.29, 0.717) is 76.4 Å². The second kappa shape index (κ2) is 21.2. The lowest BCUT2D eigenvalue weighted by Crippen LogP contribution is -2.51. The number of fused-ring (bicyclic) bond motifs is 2. The zero-order valence-corrected chi connectivity index (χ0v) is 45.6. The number of likely N-dealkylation sites (tertiary alicyclic amines) is 1. The first-order valence-electron chi connectivity index (χ1n) is 25.9. The molecule has 72 heavy (non-hydrogen) atoms. The van der Waals surface area contributed by atoms with E-state index in [9.17, 15) is 4.79 Å². The number of methoxy groups -OCH3 is 1. The van der Waals surface area contributed by atoms with Gasteiger partial charge in [-0.3, -0.25) is 14.5 Å². The van der Waals surface area contributed by atoms with Gasteiger partial charge >= 0.3 is 6.09 Å². The summed E-state index contributed by atoms with van der Waals surface area (Å²) in [6, 6.07) is 23.0. The van der Waals surface area contributed by atoms with E-state index in [1.54, 1.807) is 4.90 Å². The number of nitrogens with zero attached hydrogens (tertiary/aromatic N) is 6. The van der Waals surface area contributed by atoms with Crippen LogP contribution in [0.1, 0.15) is 130 Å². The predicted octanol–water partition coefficient (Wildman–Crippen LogP) is 12.4. The summed E-state index contributed by atoms with van der Waals surface area (Å²) in [7, 11) is 0.963. The Balaban J connectivity index is 1.23. The number of halogens is 1. The van der Waals surface area contributed by atoms with Crippen LogP contribution in [-0.2, 0) is 37.7 Å². The van der Waals surface area contributed by atoms with Crippen LogP contribution in [0.15, 0.2) is 79.0 Å². The molecule has 2 aromatic heterocycles. The summed E-state index contributed by atoms with van der Waals surface area (Å²) in [5.74, 6) is -0.674. The van der Waals surface area contributed by atoms with Crippen LogP contribution in [0.5, 0.6) is 11.6 Å². The fraction of sp³-hybridized carbons (Fsp3) is 0.483. The van der Waals surface area contributed by atoms with E-state index in [0.717, 1.165) is 61.3 Å². The maximum Gasteiger partial charge on any atom is 0.410 e. The smallest absolute Gasteiger partial charge is 0.410 e. The van der Waals surface area contributed by atoms with Crippen LogP contribution in [0.4, 0.5) is 20.6 Å². The monoisotopic (exact) mass is 999 g/mol. The summed E-state index contributed by atoms with van der Waals surface area (Å²) in [6.45, 7) is 24.9. The molecule has 0 spiro atoms. The van der Waals surface area contributed by atoms with Gasteiger partial charge in [-0.1, -0.05) is 72.2 Å². The highest BCUT2D eigenvalue weighted by Gasteiger charge is 2.47. The normalized spacial score (nSPS) is 16.5. The number of hydrogen-bond acceptors (Lipinski definition) is 8. The zero-order chi connectivity index (χ0) is 51.8. The molecule has 1 atom stereocenters. The fourth-order valence-electron chi connectivity index (χ4n) is 11.7. The Labute approximate surface area is 427 Å². The molecule has 0 unspecified atom stereocenters. The Morgan fingerprint density at radius 2 is 1.47 bits per heavy atom. The van der Waals surface area contributed by atoms with Gasteiger partial charge in [0.2, 0.25) is 5.88 Å². The topological polar surface area (TPSA) is 110 Å². The SMILES string of the molecule is COc1ncc(N(C(=O)c2cc(-c3cc4c(cc3C(=O)N3Cc5ccccc5C[C@H]3CN3CCCCC3)CN(C(=O)OC(C)(C)C)CC4)n(C)c2C)c2ccc(O[Si](C(C)C)(C(C)C)C(C)C)cc2)cc1F. The first-order chi connectivity index (χ1) is 34.2. The zero-order valence-electron chi connectivity index (χ0n) is 44.6. The van der Waals surface area contributed by atoms with Crippen LogP contribution >= 0.6 is 0 Å². The number of benzene rings is 3. The molecule has 5 aromatic rings. The van der Waals surface area contributed by atoms with Gasteiger partial charge in [-0.15, -0.1) is 0 Å². The molecule has 3 aromatic carbocycles. The van der Waals surface area contributed by atoms with Crippen molar-refractivity contribution in [3.63, 3.8) is 0 Å². The van der Waals surface area contributed by atoms with Gasteiger partial charge < -0.3 is 33.2 Å². The molecule has 0 radical (unpaired) electrons. The lowest BCUT2D eigenvalue weighted by atomic mass is 9.89. The lowest BCUT2D eigenvalue weighted by molar-refractivity contribution is 0.0224. The van der Waals surface area contributed by atoms with E-state index in [-0.39, 0.29) is 23.5 Å². The molecule has 14 heteroatoms. The second-order valence-corrected chi connectivity index (χ2v) is 27.4. The molecule has 384 valence electrons. The summed E-state index contributed by atoms with van der Waals surface area (Å²) in [5.41, 5.74) is 8.33. The van der Waals surface area contributed by atoms with Crippen molar-refractivity contribution in [3.8, 4) is 22.9 Å². The molecule has 8 rings (SSSR count). The molecule has 0 N–H and O–H groups in total. The predicted molar refractivity (Wildman–Crippen MR) is 285 cm³/mol. The number of anilines is 2. The molecule has 0 aliphatic carbocycles. The van der Waals surface area contributed by atoms with Gasteiger partial charge in [-0.05, 0) is 148 Å². The third kappa shape index (κ3) is 10.6. The summed E-state index contributed by atoms with van der Waals surface area (Å²) >= 11 is 0. The van der Waals surface area contributed by atoms with E-state index in [4.69, 9.17) is 13.9 Å². The number of aromatic nitrogens is 2. The molecule has 3 amide bonds. The first-order valence-corrected chi connectivity index (χ1v) is 28.1. The first kappa shape index (κ1) is 52.3. The van der Waals surface area contributed by atoms with Crippen LogP contribution in [0.3, 0.4) is 0 Å². The van der Waals surface area contributed by atoms with Gasteiger partial charge in [0.1, 0.15) is 11.4 Å². The summed E-state index contributed by atoms with van der Waals surface area (Å²) in [5, 5.41) is 0. The standard InChI is InChI=1S/C58H75FN6O6Si/c1-37(2)72(38(3)4,39(5)6)71-48-22-20-45(21-23-48)65(46-31-52(59)54(69-12)60-33-46)56(67)49-32-53(61(11)40(49)7)50-29-42-24-27-63(57(68)70-58(8,9)10)34-44(42)30-51(50)55(66)64-35-43-19-15-14-18-41(43)28-47(64)36-62-25-16-13-17-26-62/h14-15,18-23,29-33,37-39,47H,13,16-17,24-28,34-36H2,1-12H3/t47-/m0/s1. The minimum atomic E-state index is -2.30. The highest BCUT2D eigenvalue weighted by Crippen LogP contribution is 2.44. The summed E-state index contributed by atoms with van der Waals surface area (Å²) in [4.78, 5) is 56.6. The maximum absolute atomic E-state index is 15.7. The van der Waals surface area contributed by atoms with E-state index in [1.807, 2.05) is 81.8 Å². The lowest BCUT2D eigenvalue weighted by Gasteiger charge is -2.42. The van der Waals surface area contributed by atoms with Crippen LogP contribution in [0.25, 0.3) is 11.3 Å². The van der Waals surface area contributed by atoms with Gasteiger partial charge in [0.25, 0.3) is 20.1 Å². The summed E-state index contributed by atoms with van der Waals surface area (Å²) < 4.78 is 35.6. The number of ether oxygens (including phenoxy) is 2.